The number of H-pyrrole nitrogens is 2. The molecule has 8 heterocycles. The Hall–Kier alpha value is -9.47. The third-order valence-electron chi connectivity index (χ3n) is 13.2. The highest BCUT2D eigenvalue weighted by molar-refractivity contribution is 7.13. The number of aliphatic carboxylic acids is 2. The van der Waals surface area contributed by atoms with Crippen molar-refractivity contribution in [3.63, 3.8) is 0 Å². The Labute approximate surface area is 486 Å². The fraction of sp³-hybridized carbons (Fsp3) is 0.327. The molecule has 0 radical (unpaired) electrons. The first-order valence-corrected chi connectivity index (χ1v) is 26.6. The first-order chi connectivity index (χ1) is 40.4. The number of ketones is 2. The Bertz CT molecular complexity index is 3650. The van der Waals surface area contributed by atoms with Crippen LogP contribution >= 0.6 is 9.39 Å². The van der Waals surface area contributed by atoms with Crippen molar-refractivity contribution in [2.24, 2.45) is 0 Å². The predicted molar refractivity (Wildman–Crippen MR) is 306 cm³/mol. The number of piperazine rings is 2. The number of nitrogens with one attached hydrogen (secondary N) is 3. The van der Waals surface area contributed by atoms with Gasteiger partial charge in [0.15, 0.2) is 11.6 Å². The number of carbonyl (C=O) groups excluding carboxylic acids is 5. The number of benzene rings is 2. The first-order valence-electron chi connectivity index (χ1n) is 26.1. The minimum absolute atomic E-state index is 0.000711. The number of nitrogens with zero attached hydrogens (tertiary/aromatic N) is 12. The van der Waals surface area contributed by atoms with Crippen molar-refractivity contribution in [3.8, 4) is 23.1 Å². The SMILES string of the molecule is CCN(C)P.COc1cnc(-n2ncnc2C)c2[nH]cc(C(=O)C(=O)N3CCN(C(=O)c4ccccc4)[C@H](C)C3)c12.COc1cnc(-n2ncnc2C)c2[nH]cc(C(=O)C(=O)O)c12.C[C@@H]1CNCCN1C(=O)c1ccccc1.O=C(O)C(F)(F)F. The number of fused-ring (bicyclic) bond motifs is 2. The number of halogens is 3. The first kappa shape index (κ1) is 64.7. The van der Waals surface area contributed by atoms with Gasteiger partial charge in [0.25, 0.3) is 29.3 Å². The van der Waals surface area contributed by atoms with Crippen LogP contribution in [0.25, 0.3) is 33.4 Å². The molecule has 0 saturated carbocycles. The van der Waals surface area contributed by atoms with Crippen LogP contribution in [0.3, 0.4) is 0 Å². The third-order valence-corrected chi connectivity index (χ3v) is 13.5. The molecule has 0 bridgehead atoms. The maximum absolute atomic E-state index is 13.4. The fourth-order valence-corrected chi connectivity index (χ4v) is 8.67. The summed E-state index contributed by atoms with van der Waals surface area (Å²) in [5, 5.41) is 28.4. The summed E-state index contributed by atoms with van der Waals surface area (Å²) in [7, 11) is 7.48. The summed E-state index contributed by atoms with van der Waals surface area (Å²) in [4.78, 5) is 111. The lowest BCUT2D eigenvalue weighted by Gasteiger charge is -2.39. The summed E-state index contributed by atoms with van der Waals surface area (Å²) in [5.74, 6) is -3.88. The number of pyridine rings is 2. The normalized spacial score (nSPS) is 14.8. The molecule has 85 heavy (non-hydrogen) atoms. The smallest absolute Gasteiger partial charge is 0.490 e. The molecule has 2 fully saturated rings. The summed E-state index contributed by atoms with van der Waals surface area (Å²) in [6.45, 7) is 14.1. The maximum atomic E-state index is 13.4. The fourth-order valence-electron chi connectivity index (χ4n) is 8.67. The zero-order chi connectivity index (χ0) is 62.3. The highest BCUT2D eigenvalue weighted by Crippen LogP contribution is 2.34. The van der Waals surface area contributed by atoms with Gasteiger partial charge in [-0.15, -0.1) is 0 Å². The van der Waals surface area contributed by atoms with Crippen LogP contribution in [0.15, 0.2) is 98.1 Å². The summed E-state index contributed by atoms with van der Waals surface area (Å²) >= 11 is 0. The lowest BCUT2D eigenvalue weighted by atomic mass is 10.1. The van der Waals surface area contributed by atoms with Gasteiger partial charge in [-0.2, -0.15) is 32.7 Å². The molecule has 6 aromatic heterocycles. The monoisotopic (exact) mass is 1200 g/mol. The van der Waals surface area contributed by atoms with Gasteiger partial charge >= 0.3 is 18.1 Å². The summed E-state index contributed by atoms with van der Waals surface area (Å²) in [6, 6.07) is 18.5. The molecule has 8 aromatic rings. The second-order valence-electron chi connectivity index (χ2n) is 18.9. The van der Waals surface area contributed by atoms with Crippen molar-refractivity contribution < 1.29 is 66.4 Å². The number of methoxy groups -OCH3 is 2. The van der Waals surface area contributed by atoms with Crippen LogP contribution in [0.4, 0.5) is 13.2 Å². The Morgan fingerprint density at radius 2 is 1.13 bits per heavy atom. The van der Waals surface area contributed by atoms with Gasteiger partial charge in [-0.1, -0.05) is 52.7 Å². The number of ether oxygens (including phenoxy) is 2. The Balaban J connectivity index is 0.000000200. The van der Waals surface area contributed by atoms with Crippen LogP contribution in [0.5, 0.6) is 11.5 Å². The molecule has 2 aromatic carbocycles. The van der Waals surface area contributed by atoms with E-state index >= 15 is 0 Å². The number of aryl methyl sites for hydroxylation is 2. The molecule has 0 aliphatic carbocycles. The van der Waals surface area contributed by atoms with Gasteiger partial charge in [-0.05, 0) is 65.6 Å². The van der Waals surface area contributed by atoms with Gasteiger partial charge < -0.3 is 49.7 Å². The van der Waals surface area contributed by atoms with Gasteiger partial charge in [-0.25, -0.2) is 29.5 Å². The lowest BCUT2D eigenvalue weighted by molar-refractivity contribution is -0.192. The Kier molecular flexibility index (Phi) is 22.2. The summed E-state index contributed by atoms with van der Waals surface area (Å²) in [5.41, 5.74) is 2.51. The maximum Gasteiger partial charge on any atom is 0.490 e. The second kappa shape index (κ2) is 29.2. The molecule has 1 unspecified atom stereocenters. The topological polar surface area (TPSA) is 322 Å². The molecular formula is C55H63F3N15O11P. The van der Waals surface area contributed by atoms with E-state index in [4.69, 9.17) is 24.5 Å². The number of carboxylic acid groups (broad SMARTS) is 2. The molecule has 30 heteroatoms. The van der Waals surface area contributed by atoms with Crippen LogP contribution in [-0.4, -0.2) is 206 Å². The quantitative estimate of drug-likeness (QED) is 0.0629. The number of carbonyl (C=O) groups is 7. The van der Waals surface area contributed by atoms with E-state index in [1.54, 1.807) is 35.6 Å². The molecule has 0 spiro atoms. The van der Waals surface area contributed by atoms with Crippen LogP contribution in [0.2, 0.25) is 0 Å². The average molecular weight is 1200 g/mol. The van der Waals surface area contributed by atoms with E-state index in [2.05, 4.69) is 68.7 Å². The van der Waals surface area contributed by atoms with Crippen LogP contribution in [0, 0.1) is 13.8 Å². The van der Waals surface area contributed by atoms with E-state index in [-0.39, 0.29) is 48.1 Å². The highest BCUT2D eigenvalue weighted by atomic mass is 31.0. The van der Waals surface area contributed by atoms with E-state index in [9.17, 15) is 41.9 Å². The van der Waals surface area contributed by atoms with E-state index in [0.29, 0.717) is 68.7 Å². The largest absolute Gasteiger partial charge is 0.494 e. The van der Waals surface area contributed by atoms with Gasteiger partial charge in [0.2, 0.25) is 0 Å². The van der Waals surface area contributed by atoms with E-state index < -0.39 is 35.6 Å². The van der Waals surface area contributed by atoms with Crippen molar-refractivity contribution in [2.45, 2.75) is 52.9 Å². The molecular weight excluding hydrogens is 1130 g/mol. The molecule has 450 valence electrons. The van der Waals surface area contributed by atoms with Crippen molar-refractivity contribution in [3.05, 3.63) is 132 Å². The van der Waals surface area contributed by atoms with E-state index in [0.717, 1.165) is 31.7 Å². The zero-order valence-corrected chi connectivity index (χ0v) is 48.6. The minimum Gasteiger partial charge on any atom is -0.494 e. The number of hydrogen-bond acceptors (Lipinski definition) is 17. The molecule has 2 saturated heterocycles. The predicted octanol–water partition coefficient (Wildman–Crippen LogP) is 5.23. The van der Waals surface area contributed by atoms with Gasteiger partial charge in [0, 0.05) is 74.9 Å². The summed E-state index contributed by atoms with van der Waals surface area (Å²) in [6.07, 6.45) is 3.41. The number of Topliss-reactive ketones (excluding diaryl/α,β-unsaturated/α-hetero) is 2. The van der Waals surface area contributed by atoms with Crippen molar-refractivity contribution in [1.29, 1.82) is 0 Å². The van der Waals surface area contributed by atoms with Gasteiger partial charge in [-0.3, -0.25) is 28.6 Å². The third kappa shape index (κ3) is 15.6. The van der Waals surface area contributed by atoms with Crippen molar-refractivity contribution in [2.75, 3.05) is 67.1 Å². The average Bonchev–Trinajstić information content (AvgIpc) is 3.00. The van der Waals surface area contributed by atoms with E-state index in [1.165, 1.54) is 61.2 Å². The molecule has 5 N–H and O–H groups in total. The Morgan fingerprint density at radius 1 is 0.694 bits per heavy atom. The van der Waals surface area contributed by atoms with Gasteiger partial charge in [0.05, 0.1) is 59.5 Å². The number of alkyl halides is 3. The number of aromatic nitrogens is 10. The molecule has 3 atom stereocenters. The molecule has 2 aliphatic heterocycles. The number of amides is 3. The number of hydrogen-bond donors (Lipinski definition) is 5. The van der Waals surface area contributed by atoms with Crippen molar-refractivity contribution >= 4 is 72.4 Å². The summed E-state index contributed by atoms with van der Waals surface area (Å²) < 4.78 is 47.4. The Morgan fingerprint density at radius 3 is 1.49 bits per heavy atom. The lowest BCUT2D eigenvalue weighted by Crippen LogP contribution is -2.56. The second-order valence-corrected chi connectivity index (χ2v) is 19.7. The molecule has 3 amide bonds. The zero-order valence-electron chi connectivity index (χ0n) is 47.5. The standard InChI is InChI=1S/C25H25N7O4.C13H11N5O4.C12H16N2O.C3H10NP.C2HF3O2/c1-15-13-30(9-10-31(15)24(34)17-7-5-4-6-8-17)25(35)22(33)18-11-26-21-20(18)19(36-3)12-27-23(21)32-16(2)28-14-29-32;1-6-16-5-17-18(6)12-10-9(8(22-2)4-15-12)7(3-14-10)11(19)13(20)21;1-10-9-13-7-8-14(10)12(15)11-5-3-2-4-6-11;1-3-4(2)5;3-2(4,5)1(6)7/h4-8,11-12,14-15,26H,9-10,13H2,1-3H3;3-5,14H,1-2H3,(H,20,21);2-6,10,13H,7-9H2,1H3;3,5H2,1-2H3;(H,6,7)/t15-;;10-;;/m1.1../s1. The van der Waals surface area contributed by atoms with Crippen LogP contribution < -0.4 is 14.8 Å². The van der Waals surface area contributed by atoms with Crippen molar-refractivity contribution in [1.82, 2.24) is 74.2 Å². The number of rotatable bonds is 11. The molecule has 2 aliphatic rings. The van der Waals surface area contributed by atoms with E-state index in [1.807, 2.05) is 72.1 Å². The van der Waals surface area contributed by atoms with Gasteiger partial charge in [0.1, 0.15) is 35.8 Å². The van der Waals surface area contributed by atoms with Crippen LogP contribution in [0.1, 0.15) is 73.9 Å². The number of aromatic amines is 2. The molecule has 26 nitrogen and oxygen atoms in total. The molecule has 10 rings (SSSR count). The number of carboxylic acids is 2. The minimum atomic E-state index is -5.08. The highest BCUT2D eigenvalue weighted by Gasteiger charge is 2.38. The van der Waals surface area contributed by atoms with Crippen LogP contribution in [-0.2, 0) is 14.4 Å².